The third-order valence-electron chi connectivity index (χ3n) is 3.47. The lowest BCUT2D eigenvalue weighted by molar-refractivity contribution is -0.385. The van der Waals surface area contributed by atoms with Gasteiger partial charge >= 0.3 is 5.69 Å². The van der Waals surface area contributed by atoms with Gasteiger partial charge in [0.15, 0.2) is 23.9 Å². The van der Waals surface area contributed by atoms with Crippen molar-refractivity contribution in [3.63, 3.8) is 0 Å². The van der Waals surface area contributed by atoms with Crippen LogP contribution in [0.2, 0.25) is 0 Å². The number of nitrogens with zero attached hydrogens (tertiary/aromatic N) is 1. The van der Waals surface area contributed by atoms with Gasteiger partial charge in [0, 0.05) is 0 Å². The fraction of sp³-hybridized carbons (Fsp3) is 0.278. The molecule has 144 valence electrons. The quantitative estimate of drug-likeness (QED) is 0.384. The van der Waals surface area contributed by atoms with E-state index in [1.165, 1.54) is 25.3 Å². The number of para-hydroxylation sites is 2. The summed E-state index contributed by atoms with van der Waals surface area (Å²) in [4.78, 5) is 22.3. The van der Waals surface area contributed by atoms with Gasteiger partial charge in [-0.3, -0.25) is 14.9 Å². The highest BCUT2D eigenvalue weighted by Crippen LogP contribution is 2.30. The van der Waals surface area contributed by atoms with E-state index in [0.29, 0.717) is 17.2 Å². The molecule has 2 aromatic carbocycles. The van der Waals surface area contributed by atoms with E-state index < -0.39 is 10.8 Å². The molecule has 27 heavy (non-hydrogen) atoms. The van der Waals surface area contributed by atoms with Crippen molar-refractivity contribution in [2.24, 2.45) is 0 Å². The smallest absolute Gasteiger partial charge is 0.314 e. The summed E-state index contributed by atoms with van der Waals surface area (Å²) in [5, 5.41) is 13.7. The lowest BCUT2D eigenvalue weighted by atomic mass is 10.3. The largest absolute Gasteiger partial charge is 0.496 e. The third kappa shape index (κ3) is 5.77. The van der Waals surface area contributed by atoms with Crippen molar-refractivity contribution in [2.45, 2.75) is 0 Å². The molecular weight excluding hydrogens is 356 g/mol. The Labute approximate surface area is 155 Å². The molecule has 0 aliphatic heterocycles. The zero-order valence-corrected chi connectivity index (χ0v) is 15.0. The molecule has 0 unspecified atom stereocenters. The number of carbonyl (C=O) groups excluding carboxylic acids is 1. The van der Waals surface area contributed by atoms with Crippen LogP contribution in [0.1, 0.15) is 0 Å². The van der Waals surface area contributed by atoms with E-state index in [-0.39, 0.29) is 31.2 Å². The van der Waals surface area contributed by atoms with Gasteiger partial charge in [-0.1, -0.05) is 12.1 Å². The zero-order chi connectivity index (χ0) is 19.6. The second-order valence-electron chi connectivity index (χ2n) is 5.23. The number of hydrogen-bond acceptors (Lipinski definition) is 7. The molecule has 1 amide bonds. The monoisotopic (exact) mass is 376 g/mol. The first kappa shape index (κ1) is 19.8. The van der Waals surface area contributed by atoms with Crippen LogP contribution in [0, 0.1) is 10.1 Å². The lowest BCUT2D eigenvalue weighted by Crippen LogP contribution is -2.32. The Balaban J connectivity index is 1.79. The van der Waals surface area contributed by atoms with E-state index in [1.807, 2.05) is 12.1 Å². The van der Waals surface area contributed by atoms with Crippen LogP contribution in [0.15, 0.2) is 42.5 Å². The van der Waals surface area contributed by atoms with Crippen molar-refractivity contribution >= 4 is 11.6 Å². The fourth-order valence-electron chi connectivity index (χ4n) is 2.17. The number of amides is 1. The van der Waals surface area contributed by atoms with Gasteiger partial charge in [0.2, 0.25) is 0 Å². The molecule has 0 aliphatic rings. The molecule has 2 aromatic rings. The molecule has 0 saturated heterocycles. The minimum Gasteiger partial charge on any atom is -0.496 e. The van der Waals surface area contributed by atoms with Gasteiger partial charge < -0.3 is 24.3 Å². The van der Waals surface area contributed by atoms with Crippen molar-refractivity contribution in [3.05, 3.63) is 52.6 Å². The minimum atomic E-state index is -0.600. The normalized spacial score (nSPS) is 10.0. The molecule has 0 bridgehead atoms. The van der Waals surface area contributed by atoms with Gasteiger partial charge in [-0.2, -0.15) is 0 Å². The van der Waals surface area contributed by atoms with E-state index in [0.717, 1.165) is 0 Å². The molecule has 0 aromatic heterocycles. The Kier molecular flexibility index (Phi) is 7.24. The number of nitro benzene ring substituents is 1. The van der Waals surface area contributed by atoms with Crippen molar-refractivity contribution in [2.75, 3.05) is 34.0 Å². The SMILES string of the molecule is COc1ccc(OCC(=O)NCCOc2ccccc2OC)c([N+](=O)[O-])c1. The molecule has 1 N–H and O–H groups in total. The number of hydrogen-bond donors (Lipinski definition) is 1. The Bertz CT molecular complexity index is 795. The minimum absolute atomic E-state index is 0.0128. The predicted molar refractivity (Wildman–Crippen MR) is 96.6 cm³/mol. The molecule has 9 nitrogen and oxygen atoms in total. The van der Waals surface area contributed by atoms with Crippen LogP contribution in [-0.4, -0.2) is 44.8 Å². The van der Waals surface area contributed by atoms with Gasteiger partial charge in [-0.25, -0.2) is 0 Å². The summed E-state index contributed by atoms with van der Waals surface area (Å²) in [5.74, 6) is 1.05. The van der Waals surface area contributed by atoms with Gasteiger partial charge in [-0.15, -0.1) is 0 Å². The average Bonchev–Trinajstić information content (AvgIpc) is 2.69. The molecule has 9 heteroatoms. The second-order valence-corrected chi connectivity index (χ2v) is 5.23. The van der Waals surface area contributed by atoms with Crippen molar-refractivity contribution in [1.82, 2.24) is 5.32 Å². The molecule has 0 aliphatic carbocycles. The standard InChI is InChI=1S/C18H20N2O7/c1-24-13-7-8-15(14(11-13)20(22)23)27-12-18(21)19-9-10-26-17-6-4-3-5-16(17)25-2/h3-8,11H,9-10,12H2,1-2H3,(H,19,21). The summed E-state index contributed by atoms with van der Waals surface area (Å²) >= 11 is 0. The number of nitrogens with one attached hydrogen (secondary N) is 1. The van der Waals surface area contributed by atoms with Crippen molar-refractivity contribution in [1.29, 1.82) is 0 Å². The second kappa shape index (κ2) is 9.85. The van der Waals surface area contributed by atoms with Gasteiger partial charge in [0.1, 0.15) is 12.4 Å². The van der Waals surface area contributed by atoms with E-state index in [4.69, 9.17) is 18.9 Å². The zero-order valence-electron chi connectivity index (χ0n) is 15.0. The van der Waals surface area contributed by atoms with Gasteiger partial charge in [0.25, 0.3) is 5.91 Å². The van der Waals surface area contributed by atoms with Crippen LogP contribution in [0.3, 0.4) is 0 Å². The molecule has 0 saturated carbocycles. The fourth-order valence-corrected chi connectivity index (χ4v) is 2.17. The maximum atomic E-state index is 11.8. The van der Waals surface area contributed by atoms with E-state index >= 15 is 0 Å². The summed E-state index contributed by atoms with van der Waals surface area (Å²) in [6.45, 7) is 0.113. The first-order valence-electron chi connectivity index (χ1n) is 8.03. The predicted octanol–water partition coefficient (Wildman–Crippen LogP) is 2.19. The number of carbonyl (C=O) groups is 1. The van der Waals surface area contributed by atoms with Crippen LogP contribution in [-0.2, 0) is 4.79 Å². The summed E-state index contributed by atoms with van der Waals surface area (Å²) in [6.07, 6.45) is 0. The van der Waals surface area contributed by atoms with Crippen LogP contribution >= 0.6 is 0 Å². The Morgan fingerprint density at radius 2 is 1.78 bits per heavy atom. The average molecular weight is 376 g/mol. The Morgan fingerprint density at radius 3 is 2.44 bits per heavy atom. The number of methoxy groups -OCH3 is 2. The topological polar surface area (TPSA) is 109 Å². The Hall–Kier alpha value is -3.49. The number of ether oxygens (including phenoxy) is 4. The molecule has 0 heterocycles. The van der Waals surface area contributed by atoms with Crippen molar-refractivity contribution < 1.29 is 28.7 Å². The molecule has 0 atom stereocenters. The highest BCUT2D eigenvalue weighted by molar-refractivity contribution is 5.77. The van der Waals surface area contributed by atoms with Gasteiger partial charge in [-0.05, 0) is 24.3 Å². The Morgan fingerprint density at radius 1 is 1.04 bits per heavy atom. The van der Waals surface area contributed by atoms with E-state index in [1.54, 1.807) is 19.2 Å². The molecule has 0 fully saturated rings. The number of benzene rings is 2. The summed E-state index contributed by atoms with van der Waals surface area (Å²) in [5.41, 5.74) is -0.276. The first-order chi connectivity index (χ1) is 13.0. The molecule has 0 spiro atoms. The van der Waals surface area contributed by atoms with E-state index in [2.05, 4.69) is 5.32 Å². The first-order valence-corrected chi connectivity index (χ1v) is 8.03. The molecular formula is C18H20N2O7. The van der Waals surface area contributed by atoms with Crippen LogP contribution in [0.25, 0.3) is 0 Å². The van der Waals surface area contributed by atoms with Crippen LogP contribution < -0.4 is 24.3 Å². The summed E-state index contributed by atoms with van der Waals surface area (Å²) in [6, 6.07) is 11.3. The maximum Gasteiger partial charge on any atom is 0.314 e. The number of nitro groups is 1. The molecule has 0 radical (unpaired) electrons. The van der Waals surface area contributed by atoms with Crippen LogP contribution in [0.4, 0.5) is 5.69 Å². The summed E-state index contributed by atoms with van der Waals surface area (Å²) < 4.78 is 20.9. The summed E-state index contributed by atoms with van der Waals surface area (Å²) in [7, 11) is 2.94. The highest BCUT2D eigenvalue weighted by atomic mass is 16.6. The third-order valence-corrected chi connectivity index (χ3v) is 3.47. The van der Waals surface area contributed by atoms with Crippen LogP contribution in [0.5, 0.6) is 23.0 Å². The maximum absolute atomic E-state index is 11.8. The highest BCUT2D eigenvalue weighted by Gasteiger charge is 2.17. The van der Waals surface area contributed by atoms with Gasteiger partial charge in [0.05, 0.1) is 31.8 Å². The van der Waals surface area contributed by atoms with E-state index in [9.17, 15) is 14.9 Å². The van der Waals surface area contributed by atoms with Crippen molar-refractivity contribution in [3.8, 4) is 23.0 Å². The molecule has 2 rings (SSSR count). The lowest BCUT2D eigenvalue weighted by Gasteiger charge is -2.11. The number of rotatable bonds is 10.